The number of hydrogen-bond donors (Lipinski definition) is 2. The molecule has 1 rings (SSSR count). The molecule has 0 radical (unpaired) electrons. The van der Waals surface area contributed by atoms with E-state index in [2.05, 4.69) is 17.1 Å². The minimum absolute atomic E-state index is 0.255. The molecular formula is C10H22N2O. The van der Waals surface area contributed by atoms with Crippen LogP contribution in [0, 0.1) is 0 Å². The number of aliphatic hydroxyl groups is 1. The van der Waals surface area contributed by atoms with Crippen LogP contribution in [0.2, 0.25) is 0 Å². The molecule has 2 N–H and O–H groups in total. The molecule has 0 amide bonds. The fourth-order valence-corrected chi connectivity index (χ4v) is 1.85. The van der Waals surface area contributed by atoms with E-state index in [1.54, 1.807) is 0 Å². The molecule has 0 bridgehead atoms. The van der Waals surface area contributed by atoms with Crippen LogP contribution < -0.4 is 5.32 Å². The monoisotopic (exact) mass is 186 g/mol. The van der Waals surface area contributed by atoms with E-state index in [1.807, 2.05) is 0 Å². The van der Waals surface area contributed by atoms with Crippen molar-refractivity contribution in [1.29, 1.82) is 0 Å². The zero-order valence-electron chi connectivity index (χ0n) is 8.63. The fraction of sp³-hybridized carbons (Fsp3) is 1.00. The number of rotatable bonds is 6. The maximum absolute atomic E-state index is 8.66. The quantitative estimate of drug-likeness (QED) is 0.632. The van der Waals surface area contributed by atoms with Crippen LogP contribution in [0.15, 0.2) is 0 Å². The first-order valence-corrected chi connectivity index (χ1v) is 5.43. The molecule has 1 saturated heterocycles. The highest BCUT2D eigenvalue weighted by Crippen LogP contribution is 2.09. The lowest BCUT2D eigenvalue weighted by Crippen LogP contribution is -2.34. The first-order valence-electron chi connectivity index (χ1n) is 5.43. The second-order valence-electron chi connectivity index (χ2n) is 3.82. The molecule has 0 saturated carbocycles. The molecule has 0 aromatic heterocycles. The van der Waals surface area contributed by atoms with Crippen LogP contribution >= 0.6 is 0 Å². The van der Waals surface area contributed by atoms with Crippen LogP contribution in [0.5, 0.6) is 0 Å². The molecule has 1 atom stereocenters. The van der Waals surface area contributed by atoms with E-state index in [9.17, 15) is 0 Å². The highest BCUT2D eigenvalue weighted by Gasteiger charge is 2.20. The normalized spacial score (nSPS) is 24.0. The molecule has 1 fully saturated rings. The minimum Gasteiger partial charge on any atom is -0.395 e. The van der Waals surface area contributed by atoms with Gasteiger partial charge in [0.1, 0.15) is 0 Å². The highest BCUT2D eigenvalue weighted by molar-refractivity contribution is 4.80. The predicted molar refractivity (Wildman–Crippen MR) is 54.8 cm³/mol. The van der Waals surface area contributed by atoms with Crippen LogP contribution in [0.3, 0.4) is 0 Å². The number of nitrogens with one attached hydrogen (secondary N) is 1. The topological polar surface area (TPSA) is 35.5 Å². The third-order valence-electron chi connectivity index (χ3n) is 2.65. The van der Waals surface area contributed by atoms with Crippen molar-refractivity contribution >= 4 is 0 Å². The first-order chi connectivity index (χ1) is 6.36. The van der Waals surface area contributed by atoms with E-state index in [0.29, 0.717) is 6.04 Å². The van der Waals surface area contributed by atoms with Crippen molar-refractivity contribution in [3.8, 4) is 0 Å². The molecule has 0 spiro atoms. The van der Waals surface area contributed by atoms with Gasteiger partial charge < -0.3 is 15.3 Å². The summed E-state index contributed by atoms with van der Waals surface area (Å²) in [5, 5.41) is 12.0. The maximum Gasteiger partial charge on any atom is 0.0556 e. The van der Waals surface area contributed by atoms with E-state index in [0.717, 1.165) is 6.54 Å². The van der Waals surface area contributed by atoms with Crippen molar-refractivity contribution in [3.63, 3.8) is 0 Å². The molecule has 1 aliphatic rings. The van der Waals surface area contributed by atoms with Gasteiger partial charge in [-0.25, -0.2) is 0 Å². The second kappa shape index (κ2) is 6.35. The Labute approximate surface area is 81.1 Å². The number of hydrogen-bond acceptors (Lipinski definition) is 3. The van der Waals surface area contributed by atoms with Gasteiger partial charge >= 0.3 is 0 Å². The predicted octanol–water partition coefficient (Wildman–Crippen LogP) is 0.443. The molecule has 0 aromatic carbocycles. The molecule has 1 unspecified atom stereocenters. The summed E-state index contributed by atoms with van der Waals surface area (Å²) in [4.78, 5) is 2.51. The molecule has 78 valence electrons. The first kappa shape index (κ1) is 11.0. The summed E-state index contributed by atoms with van der Waals surface area (Å²) in [7, 11) is 0. The van der Waals surface area contributed by atoms with Crippen LogP contribution in [0.1, 0.15) is 26.2 Å². The molecule has 1 heterocycles. The smallest absolute Gasteiger partial charge is 0.0556 e. The maximum atomic E-state index is 8.66. The number of nitrogens with zero attached hydrogens (tertiary/aromatic N) is 1. The summed E-state index contributed by atoms with van der Waals surface area (Å²) in [6, 6.07) is 0.615. The van der Waals surface area contributed by atoms with Gasteiger partial charge in [-0.15, -0.1) is 0 Å². The molecule has 3 heteroatoms. The zero-order valence-corrected chi connectivity index (χ0v) is 8.63. The van der Waals surface area contributed by atoms with E-state index in [4.69, 9.17) is 5.11 Å². The van der Waals surface area contributed by atoms with Gasteiger partial charge in [0.2, 0.25) is 0 Å². The third-order valence-corrected chi connectivity index (χ3v) is 2.65. The van der Waals surface area contributed by atoms with Crippen LogP contribution in [0.25, 0.3) is 0 Å². The summed E-state index contributed by atoms with van der Waals surface area (Å²) >= 11 is 0. The summed E-state index contributed by atoms with van der Waals surface area (Å²) in [5.74, 6) is 0. The van der Waals surface area contributed by atoms with Crippen molar-refractivity contribution in [2.24, 2.45) is 0 Å². The number of unbranched alkanes of at least 4 members (excludes halogenated alkanes) is 1. The fourth-order valence-electron chi connectivity index (χ4n) is 1.85. The SMILES string of the molecule is CCCCN1CCC(NCCO)C1. The van der Waals surface area contributed by atoms with Gasteiger partial charge in [0.25, 0.3) is 0 Å². The lowest BCUT2D eigenvalue weighted by atomic mass is 10.2. The van der Waals surface area contributed by atoms with Crippen molar-refractivity contribution in [3.05, 3.63) is 0 Å². The Morgan fingerprint density at radius 2 is 2.38 bits per heavy atom. The summed E-state index contributed by atoms with van der Waals surface area (Å²) < 4.78 is 0. The van der Waals surface area contributed by atoms with Gasteiger partial charge in [0.15, 0.2) is 0 Å². The lowest BCUT2D eigenvalue weighted by Gasteiger charge is -2.15. The van der Waals surface area contributed by atoms with E-state index in [-0.39, 0.29) is 6.61 Å². The second-order valence-corrected chi connectivity index (χ2v) is 3.82. The van der Waals surface area contributed by atoms with E-state index >= 15 is 0 Å². The Bertz CT molecular complexity index is 116. The lowest BCUT2D eigenvalue weighted by molar-refractivity contribution is 0.279. The van der Waals surface area contributed by atoms with Crippen molar-refractivity contribution < 1.29 is 5.11 Å². The van der Waals surface area contributed by atoms with Crippen LogP contribution in [-0.4, -0.2) is 48.8 Å². The highest BCUT2D eigenvalue weighted by atomic mass is 16.3. The Kier molecular flexibility index (Phi) is 5.35. The molecule has 13 heavy (non-hydrogen) atoms. The van der Waals surface area contributed by atoms with Gasteiger partial charge in [-0.3, -0.25) is 0 Å². The Morgan fingerprint density at radius 1 is 1.54 bits per heavy atom. The van der Waals surface area contributed by atoms with Gasteiger partial charge in [0, 0.05) is 19.1 Å². The Balaban J connectivity index is 2.05. The average molecular weight is 186 g/mol. The summed E-state index contributed by atoms with van der Waals surface area (Å²) in [5.41, 5.74) is 0. The molecular weight excluding hydrogens is 164 g/mol. The van der Waals surface area contributed by atoms with Crippen molar-refractivity contribution in [2.75, 3.05) is 32.8 Å². The van der Waals surface area contributed by atoms with Crippen molar-refractivity contribution in [1.82, 2.24) is 10.2 Å². The van der Waals surface area contributed by atoms with E-state index in [1.165, 1.54) is 38.9 Å². The van der Waals surface area contributed by atoms with Gasteiger partial charge in [-0.05, 0) is 25.9 Å². The van der Waals surface area contributed by atoms with Crippen LogP contribution in [0.4, 0.5) is 0 Å². The minimum atomic E-state index is 0.255. The van der Waals surface area contributed by atoms with E-state index < -0.39 is 0 Å². The Morgan fingerprint density at radius 3 is 3.08 bits per heavy atom. The number of likely N-dealkylation sites (tertiary alicyclic amines) is 1. The van der Waals surface area contributed by atoms with Crippen LogP contribution in [-0.2, 0) is 0 Å². The molecule has 0 aromatic rings. The summed E-state index contributed by atoms with van der Waals surface area (Å²) in [6.07, 6.45) is 3.83. The third kappa shape index (κ3) is 4.07. The Hall–Kier alpha value is -0.120. The standard InChI is InChI=1S/C10H22N2O/c1-2-3-6-12-7-4-10(9-12)11-5-8-13/h10-11,13H,2-9H2,1H3. The molecule has 1 aliphatic heterocycles. The average Bonchev–Trinajstić information content (AvgIpc) is 2.59. The molecule has 3 nitrogen and oxygen atoms in total. The summed E-state index contributed by atoms with van der Waals surface area (Å²) in [6.45, 7) is 6.87. The largest absolute Gasteiger partial charge is 0.395 e. The van der Waals surface area contributed by atoms with Gasteiger partial charge in [0.05, 0.1) is 6.61 Å². The van der Waals surface area contributed by atoms with Gasteiger partial charge in [-0.1, -0.05) is 13.3 Å². The van der Waals surface area contributed by atoms with Crippen molar-refractivity contribution in [2.45, 2.75) is 32.2 Å². The van der Waals surface area contributed by atoms with Gasteiger partial charge in [-0.2, -0.15) is 0 Å². The molecule has 0 aliphatic carbocycles. The number of aliphatic hydroxyl groups excluding tert-OH is 1. The zero-order chi connectivity index (χ0) is 9.52.